The highest BCUT2D eigenvalue weighted by atomic mass is 19.4. The first-order chi connectivity index (χ1) is 10.4. The van der Waals surface area contributed by atoms with Crippen molar-refractivity contribution in [2.75, 3.05) is 0 Å². The molecule has 22 heavy (non-hydrogen) atoms. The molecule has 6 heteroatoms. The topological polar surface area (TPSA) is 38.0 Å². The zero-order valence-corrected chi connectivity index (χ0v) is 11.2. The molecule has 1 N–H and O–H groups in total. The molecular formula is C16H11F3N2O. The van der Waals surface area contributed by atoms with E-state index in [-0.39, 0.29) is 17.1 Å². The first-order valence-corrected chi connectivity index (χ1v) is 6.46. The Morgan fingerprint density at radius 3 is 2.14 bits per heavy atom. The van der Waals surface area contributed by atoms with Crippen molar-refractivity contribution in [2.24, 2.45) is 0 Å². The summed E-state index contributed by atoms with van der Waals surface area (Å²) in [6.07, 6.45) is -3.24. The number of alkyl halides is 3. The van der Waals surface area contributed by atoms with Crippen molar-refractivity contribution in [3.63, 3.8) is 0 Å². The van der Waals surface area contributed by atoms with Crippen molar-refractivity contribution >= 4 is 0 Å². The number of hydrogen-bond donors (Lipinski definition) is 1. The summed E-state index contributed by atoms with van der Waals surface area (Å²) in [4.78, 5) is 3.73. The van der Waals surface area contributed by atoms with Crippen LogP contribution in [0.15, 0.2) is 60.8 Å². The lowest BCUT2D eigenvalue weighted by atomic mass is 10.2. The molecule has 0 bridgehead atoms. The number of phenolic OH excluding ortho intramolecular Hbond substituents is 1. The molecule has 3 aromatic rings. The zero-order chi connectivity index (χ0) is 15.7. The minimum atomic E-state index is -4.58. The van der Waals surface area contributed by atoms with Gasteiger partial charge in [-0.1, -0.05) is 30.3 Å². The van der Waals surface area contributed by atoms with Crippen LogP contribution in [-0.2, 0) is 6.18 Å². The highest BCUT2D eigenvalue weighted by Crippen LogP contribution is 2.33. The van der Waals surface area contributed by atoms with Crippen molar-refractivity contribution in [3.8, 4) is 22.7 Å². The number of hydrogen-bond acceptors (Lipinski definition) is 2. The van der Waals surface area contributed by atoms with Crippen molar-refractivity contribution < 1.29 is 18.3 Å². The predicted octanol–water partition coefficient (Wildman–Crippen LogP) is 4.26. The van der Waals surface area contributed by atoms with E-state index in [4.69, 9.17) is 0 Å². The zero-order valence-electron chi connectivity index (χ0n) is 11.2. The van der Waals surface area contributed by atoms with Gasteiger partial charge in [0.1, 0.15) is 5.75 Å². The molecule has 1 heterocycles. The van der Waals surface area contributed by atoms with Gasteiger partial charge in [-0.05, 0) is 24.3 Å². The number of benzene rings is 2. The van der Waals surface area contributed by atoms with Gasteiger partial charge in [0.25, 0.3) is 0 Å². The fraction of sp³-hybridized carbons (Fsp3) is 0.0625. The van der Waals surface area contributed by atoms with Gasteiger partial charge < -0.3 is 5.11 Å². The number of aromatic hydroxyl groups is 1. The monoisotopic (exact) mass is 304 g/mol. The Kier molecular flexibility index (Phi) is 3.36. The van der Waals surface area contributed by atoms with Gasteiger partial charge in [0.15, 0.2) is 0 Å². The molecule has 0 atom stereocenters. The second kappa shape index (κ2) is 5.22. The highest BCUT2D eigenvalue weighted by Gasteiger charge is 2.37. The average molecular weight is 304 g/mol. The molecule has 0 unspecified atom stereocenters. The van der Waals surface area contributed by atoms with Gasteiger partial charge in [-0.25, -0.2) is 4.98 Å². The Bertz CT molecular complexity index is 777. The third-order valence-corrected chi connectivity index (χ3v) is 3.16. The summed E-state index contributed by atoms with van der Waals surface area (Å²) < 4.78 is 40.6. The van der Waals surface area contributed by atoms with Gasteiger partial charge in [0, 0.05) is 17.4 Å². The molecule has 0 spiro atoms. The van der Waals surface area contributed by atoms with E-state index in [0.717, 1.165) is 4.57 Å². The van der Waals surface area contributed by atoms with E-state index in [1.807, 2.05) is 0 Å². The van der Waals surface area contributed by atoms with Crippen LogP contribution >= 0.6 is 0 Å². The summed E-state index contributed by atoms with van der Waals surface area (Å²) in [5.74, 6) is -1.02. The third-order valence-electron chi connectivity index (χ3n) is 3.16. The Balaban J connectivity index is 2.16. The summed E-state index contributed by atoms with van der Waals surface area (Å²) in [5, 5.41) is 9.27. The van der Waals surface area contributed by atoms with E-state index in [2.05, 4.69) is 4.98 Å². The molecule has 2 aromatic carbocycles. The smallest absolute Gasteiger partial charge is 0.450 e. The lowest BCUT2D eigenvalue weighted by Gasteiger charge is -2.09. The summed E-state index contributed by atoms with van der Waals surface area (Å²) in [7, 11) is 0. The van der Waals surface area contributed by atoms with Crippen LogP contribution in [0.4, 0.5) is 13.2 Å². The molecule has 3 nitrogen and oxygen atoms in total. The maximum atomic E-state index is 13.2. The lowest BCUT2D eigenvalue weighted by molar-refractivity contribution is -0.145. The average Bonchev–Trinajstić information content (AvgIpc) is 2.94. The molecule has 0 saturated carbocycles. The normalized spacial score (nSPS) is 11.6. The molecular weight excluding hydrogens is 293 g/mol. The van der Waals surface area contributed by atoms with Crippen molar-refractivity contribution in [3.05, 3.63) is 66.6 Å². The molecule has 0 aliphatic carbocycles. The van der Waals surface area contributed by atoms with Crippen LogP contribution in [-0.4, -0.2) is 14.7 Å². The fourth-order valence-electron chi connectivity index (χ4n) is 2.14. The number of imidazole rings is 1. The summed E-state index contributed by atoms with van der Waals surface area (Å²) >= 11 is 0. The molecule has 0 saturated heterocycles. The Labute approximate surface area is 124 Å². The van der Waals surface area contributed by atoms with Crippen LogP contribution in [0.1, 0.15) is 5.82 Å². The maximum absolute atomic E-state index is 13.2. The second-order valence-electron chi connectivity index (χ2n) is 4.70. The Morgan fingerprint density at radius 1 is 0.909 bits per heavy atom. The van der Waals surface area contributed by atoms with Crippen LogP contribution in [0, 0.1) is 0 Å². The van der Waals surface area contributed by atoms with Crippen LogP contribution in [0.25, 0.3) is 16.9 Å². The maximum Gasteiger partial charge on any atom is 0.450 e. The van der Waals surface area contributed by atoms with Gasteiger partial charge in [-0.15, -0.1) is 0 Å². The van der Waals surface area contributed by atoms with Gasteiger partial charge in [-0.3, -0.25) is 4.57 Å². The van der Waals surface area contributed by atoms with E-state index in [9.17, 15) is 18.3 Å². The van der Waals surface area contributed by atoms with Crippen LogP contribution < -0.4 is 0 Å². The lowest BCUT2D eigenvalue weighted by Crippen LogP contribution is -2.13. The summed E-state index contributed by atoms with van der Waals surface area (Å²) in [6, 6.07) is 14.1. The molecule has 0 radical (unpaired) electrons. The van der Waals surface area contributed by atoms with Gasteiger partial charge >= 0.3 is 6.18 Å². The van der Waals surface area contributed by atoms with E-state index >= 15 is 0 Å². The molecule has 0 amide bonds. The van der Waals surface area contributed by atoms with Gasteiger partial charge in [0.2, 0.25) is 5.82 Å². The number of phenols is 1. The van der Waals surface area contributed by atoms with Crippen LogP contribution in [0.5, 0.6) is 5.75 Å². The Morgan fingerprint density at radius 2 is 1.55 bits per heavy atom. The molecule has 1 aromatic heterocycles. The Hall–Kier alpha value is -2.76. The minimum absolute atomic E-state index is 0.0132. The molecule has 3 rings (SSSR count). The van der Waals surface area contributed by atoms with Crippen LogP contribution in [0.2, 0.25) is 0 Å². The number of aromatic nitrogens is 2. The van der Waals surface area contributed by atoms with E-state index in [1.54, 1.807) is 30.3 Å². The van der Waals surface area contributed by atoms with Crippen molar-refractivity contribution in [1.82, 2.24) is 9.55 Å². The molecule has 112 valence electrons. The molecule has 0 aliphatic rings. The third kappa shape index (κ3) is 2.67. The van der Waals surface area contributed by atoms with Crippen LogP contribution in [0.3, 0.4) is 0 Å². The minimum Gasteiger partial charge on any atom is -0.508 e. The highest BCUT2D eigenvalue weighted by molar-refractivity contribution is 5.59. The largest absolute Gasteiger partial charge is 0.508 e. The van der Waals surface area contributed by atoms with E-state index < -0.39 is 12.0 Å². The van der Waals surface area contributed by atoms with E-state index in [1.165, 1.54) is 30.5 Å². The summed E-state index contributed by atoms with van der Waals surface area (Å²) in [5.41, 5.74) is 1.12. The van der Waals surface area contributed by atoms with Gasteiger partial charge in [0.05, 0.1) is 5.69 Å². The SMILES string of the molecule is Oc1ccc(-n2cc(-c3ccccc3)nc2C(F)(F)F)cc1. The van der Waals surface area contributed by atoms with Crippen molar-refractivity contribution in [1.29, 1.82) is 0 Å². The van der Waals surface area contributed by atoms with Crippen molar-refractivity contribution in [2.45, 2.75) is 6.18 Å². The second-order valence-corrected chi connectivity index (χ2v) is 4.70. The molecule has 0 aliphatic heterocycles. The summed E-state index contributed by atoms with van der Waals surface area (Å²) in [6.45, 7) is 0. The standard InChI is InChI=1S/C16H11F3N2O/c17-16(18,19)15-20-14(11-4-2-1-3-5-11)10-21(15)12-6-8-13(22)9-7-12/h1-10,22H. The quantitative estimate of drug-likeness (QED) is 0.768. The predicted molar refractivity (Wildman–Crippen MR) is 75.7 cm³/mol. The first-order valence-electron chi connectivity index (χ1n) is 6.46. The number of rotatable bonds is 2. The van der Waals surface area contributed by atoms with Gasteiger partial charge in [-0.2, -0.15) is 13.2 Å². The number of nitrogens with zero attached hydrogens (tertiary/aromatic N) is 2. The molecule has 0 fully saturated rings. The fourth-order valence-corrected chi connectivity index (χ4v) is 2.14. The van der Waals surface area contributed by atoms with E-state index in [0.29, 0.717) is 5.56 Å². The first kappa shape index (κ1) is 14.2. The number of halogens is 3.